The number of aryl methyl sites for hydroxylation is 1. The van der Waals surface area contributed by atoms with Crippen molar-refractivity contribution >= 4 is 9.84 Å². The minimum Gasteiger partial charge on any atom is -0.271 e. The Kier molecular flexibility index (Phi) is 5.97. The van der Waals surface area contributed by atoms with Gasteiger partial charge in [-0.3, -0.25) is 11.3 Å². The normalized spacial score (nSPS) is 13.5. The van der Waals surface area contributed by atoms with Crippen LogP contribution in [0.3, 0.4) is 0 Å². The first-order chi connectivity index (χ1) is 8.91. The molecule has 0 aliphatic rings. The van der Waals surface area contributed by atoms with Crippen molar-refractivity contribution < 1.29 is 8.42 Å². The Morgan fingerprint density at radius 2 is 2.00 bits per heavy atom. The summed E-state index contributed by atoms with van der Waals surface area (Å²) < 4.78 is 23.0. The first-order valence-electron chi connectivity index (χ1n) is 6.64. The molecule has 108 valence electrons. The lowest BCUT2D eigenvalue weighted by molar-refractivity contribution is 0.505. The van der Waals surface area contributed by atoms with Gasteiger partial charge in [-0.2, -0.15) is 0 Å². The van der Waals surface area contributed by atoms with E-state index in [2.05, 4.69) is 25.3 Å². The van der Waals surface area contributed by atoms with Crippen molar-refractivity contribution in [3.63, 3.8) is 0 Å². The highest BCUT2D eigenvalue weighted by molar-refractivity contribution is 7.91. The van der Waals surface area contributed by atoms with E-state index >= 15 is 0 Å². The molecule has 0 radical (unpaired) electrons. The summed E-state index contributed by atoms with van der Waals surface area (Å²) in [6.45, 7) is 5.81. The molecule has 19 heavy (non-hydrogen) atoms. The van der Waals surface area contributed by atoms with Crippen LogP contribution < -0.4 is 11.3 Å². The summed E-state index contributed by atoms with van der Waals surface area (Å²) in [4.78, 5) is 0. The van der Waals surface area contributed by atoms with Crippen molar-refractivity contribution in [2.45, 2.75) is 39.7 Å². The smallest absolute Gasteiger partial charge is 0.150 e. The Balaban J connectivity index is 2.71. The van der Waals surface area contributed by atoms with Gasteiger partial charge in [0.1, 0.15) is 9.84 Å². The van der Waals surface area contributed by atoms with Crippen LogP contribution in [0.4, 0.5) is 0 Å². The molecule has 1 rings (SSSR count). The molecule has 0 bridgehead atoms. The number of rotatable bonds is 7. The van der Waals surface area contributed by atoms with Crippen LogP contribution >= 0.6 is 0 Å². The van der Waals surface area contributed by atoms with Crippen LogP contribution in [0, 0.1) is 13.8 Å². The fourth-order valence-electron chi connectivity index (χ4n) is 2.13. The largest absolute Gasteiger partial charge is 0.271 e. The number of hydrogen-bond donors (Lipinski definition) is 2. The van der Waals surface area contributed by atoms with E-state index in [1.807, 2.05) is 12.1 Å². The average molecular weight is 284 g/mol. The molecular formula is C14H24N2O2S. The average Bonchev–Trinajstić information content (AvgIpc) is 2.38. The summed E-state index contributed by atoms with van der Waals surface area (Å²) >= 11 is 0. The van der Waals surface area contributed by atoms with Gasteiger partial charge in [0.05, 0.1) is 5.75 Å². The van der Waals surface area contributed by atoms with E-state index in [0.29, 0.717) is 6.42 Å². The molecule has 0 aliphatic heterocycles. The molecular weight excluding hydrogens is 260 g/mol. The van der Waals surface area contributed by atoms with Gasteiger partial charge in [0.2, 0.25) is 0 Å². The molecule has 1 atom stereocenters. The molecule has 1 aromatic rings. The van der Waals surface area contributed by atoms with Crippen molar-refractivity contribution in [1.82, 2.24) is 5.43 Å². The summed E-state index contributed by atoms with van der Waals surface area (Å²) in [7, 11) is -2.89. The zero-order valence-electron chi connectivity index (χ0n) is 11.9. The quantitative estimate of drug-likeness (QED) is 0.593. The Labute approximate surface area is 116 Å². The molecule has 5 heteroatoms. The summed E-state index contributed by atoms with van der Waals surface area (Å²) in [5.41, 5.74) is 6.38. The Bertz CT molecular complexity index is 512. The van der Waals surface area contributed by atoms with Gasteiger partial charge in [0.25, 0.3) is 0 Å². The first kappa shape index (κ1) is 16.1. The number of hydrogen-bond acceptors (Lipinski definition) is 4. The van der Waals surface area contributed by atoms with E-state index in [0.717, 1.165) is 12.0 Å². The van der Waals surface area contributed by atoms with Crippen LogP contribution in [0.5, 0.6) is 0 Å². The molecule has 0 aromatic heterocycles. The summed E-state index contributed by atoms with van der Waals surface area (Å²) in [6.07, 6.45) is 1.35. The van der Waals surface area contributed by atoms with Gasteiger partial charge in [0, 0.05) is 11.8 Å². The second kappa shape index (κ2) is 7.03. The maximum Gasteiger partial charge on any atom is 0.150 e. The van der Waals surface area contributed by atoms with Crippen LogP contribution in [-0.4, -0.2) is 19.9 Å². The maximum atomic E-state index is 11.5. The summed E-state index contributed by atoms with van der Waals surface area (Å²) in [5, 5.41) is 0. The molecule has 0 saturated heterocycles. The van der Waals surface area contributed by atoms with Gasteiger partial charge in [-0.25, -0.2) is 8.42 Å². The lowest BCUT2D eigenvalue weighted by Crippen LogP contribution is -2.29. The fourth-order valence-corrected chi connectivity index (χ4v) is 3.03. The van der Waals surface area contributed by atoms with E-state index in [1.54, 1.807) is 6.92 Å². The van der Waals surface area contributed by atoms with Gasteiger partial charge in [0.15, 0.2) is 0 Å². The third-order valence-electron chi connectivity index (χ3n) is 3.61. The highest BCUT2D eigenvalue weighted by atomic mass is 32.2. The van der Waals surface area contributed by atoms with Crippen LogP contribution in [0.2, 0.25) is 0 Å². The first-order valence-corrected chi connectivity index (χ1v) is 8.46. The van der Waals surface area contributed by atoms with Gasteiger partial charge < -0.3 is 0 Å². The fraction of sp³-hybridized carbons (Fsp3) is 0.571. The van der Waals surface area contributed by atoms with Crippen LogP contribution in [0.1, 0.15) is 42.5 Å². The van der Waals surface area contributed by atoms with Crippen LogP contribution in [0.25, 0.3) is 0 Å². The van der Waals surface area contributed by atoms with Gasteiger partial charge in [-0.05, 0) is 43.4 Å². The molecule has 0 amide bonds. The lowest BCUT2D eigenvalue weighted by atomic mass is 9.95. The Hall–Kier alpha value is -0.910. The number of sulfone groups is 1. The molecule has 0 spiro atoms. The predicted octanol–water partition coefficient (Wildman–Crippen LogP) is 2.02. The van der Waals surface area contributed by atoms with Gasteiger partial charge in [-0.15, -0.1) is 0 Å². The molecule has 0 aliphatic carbocycles. The Morgan fingerprint density at radius 3 is 2.58 bits per heavy atom. The minimum absolute atomic E-state index is 0.00644. The SMILES string of the molecule is CCS(=O)(=O)CCCC(NN)c1cccc(C)c1C. The molecule has 0 saturated carbocycles. The topological polar surface area (TPSA) is 72.2 Å². The van der Waals surface area contributed by atoms with Gasteiger partial charge in [-0.1, -0.05) is 25.1 Å². The van der Waals surface area contributed by atoms with Crippen molar-refractivity contribution in [3.05, 3.63) is 34.9 Å². The highest BCUT2D eigenvalue weighted by Crippen LogP contribution is 2.23. The summed E-state index contributed by atoms with van der Waals surface area (Å²) in [6, 6.07) is 6.12. The van der Waals surface area contributed by atoms with Crippen LogP contribution in [0.15, 0.2) is 18.2 Å². The number of nitrogens with two attached hydrogens (primary N) is 1. The van der Waals surface area contributed by atoms with Crippen molar-refractivity contribution in [2.75, 3.05) is 11.5 Å². The van der Waals surface area contributed by atoms with Crippen molar-refractivity contribution in [3.8, 4) is 0 Å². The number of nitrogens with one attached hydrogen (secondary N) is 1. The summed E-state index contributed by atoms with van der Waals surface area (Å²) in [5.74, 6) is 6.04. The molecule has 3 N–H and O–H groups in total. The molecule has 0 fully saturated rings. The van der Waals surface area contributed by atoms with E-state index < -0.39 is 9.84 Å². The molecule has 1 unspecified atom stereocenters. The number of hydrazine groups is 1. The predicted molar refractivity (Wildman–Crippen MR) is 79.5 cm³/mol. The number of benzene rings is 1. The van der Waals surface area contributed by atoms with Gasteiger partial charge >= 0.3 is 0 Å². The van der Waals surface area contributed by atoms with E-state index in [1.165, 1.54) is 11.1 Å². The van der Waals surface area contributed by atoms with E-state index in [4.69, 9.17) is 5.84 Å². The monoisotopic (exact) mass is 284 g/mol. The zero-order chi connectivity index (χ0) is 14.5. The van der Waals surface area contributed by atoms with E-state index in [9.17, 15) is 8.42 Å². The zero-order valence-corrected chi connectivity index (χ0v) is 12.8. The second-order valence-electron chi connectivity index (χ2n) is 4.89. The maximum absolute atomic E-state index is 11.5. The molecule has 0 heterocycles. The Morgan fingerprint density at radius 1 is 1.32 bits per heavy atom. The molecule has 1 aromatic carbocycles. The lowest BCUT2D eigenvalue weighted by Gasteiger charge is -2.19. The minimum atomic E-state index is -2.89. The second-order valence-corrected chi connectivity index (χ2v) is 7.36. The van der Waals surface area contributed by atoms with E-state index in [-0.39, 0.29) is 17.5 Å². The third-order valence-corrected chi connectivity index (χ3v) is 5.40. The van der Waals surface area contributed by atoms with Crippen molar-refractivity contribution in [1.29, 1.82) is 0 Å². The third kappa shape index (κ3) is 4.60. The molecule has 4 nitrogen and oxygen atoms in total. The van der Waals surface area contributed by atoms with Crippen LogP contribution in [-0.2, 0) is 9.84 Å². The van der Waals surface area contributed by atoms with Crippen molar-refractivity contribution in [2.24, 2.45) is 5.84 Å². The highest BCUT2D eigenvalue weighted by Gasteiger charge is 2.15. The standard InChI is InChI=1S/C14H24N2O2S/c1-4-19(17,18)10-6-9-14(16-15)13-8-5-7-11(2)12(13)3/h5,7-8,14,16H,4,6,9-10,15H2,1-3H3.